The standard InChI is InChI=1S/C28H37N5O.C10H20/c1-5-20(2)21(3)15-25(29-4)26-16-27(22-7-6-8-22)33-17-23(9-10-28(33)30-26)31-11-13-32(14-12-31)24-18-34-19-24;1-5-7-8-10(4)9(3)6-2/h9-10,15-17,24H,2,5-8,11-14,18-19H2,1,3-4H3;8-9H,5-7H2,1-4H3/b21-15+,29-25?;10-8-. The van der Waals surface area contributed by atoms with Gasteiger partial charge in [0.2, 0.25) is 0 Å². The zero-order chi connectivity index (χ0) is 31.6. The van der Waals surface area contributed by atoms with Crippen LogP contribution in [0.3, 0.4) is 0 Å². The summed E-state index contributed by atoms with van der Waals surface area (Å²) in [6.45, 7) is 23.5. The molecule has 0 N–H and O–H groups in total. The number of unbranched alkanes of at least 4 members (excludes halogenated alkanes) is 1. The van der Waals surface area contributed by atoms with Crippen LogP contribution in [0.2, 0.25) is 0 Å². The van der Waals surface area contributed by atoms with Crippen molar-refractivity contribution in [1.82, 2.24) is 14.7 Å². The molecule has 1 aliphatic carbocycles. The third-order valence-electron chi connectivity index (χ3n) is 9.80. The number of nitrogens with zero attached hydrogens (tertiary/aromatic N) is 5. The van der Waals surface area contributed by atoms with E-state index >= 15 is 0 Å². The first-order valence-corrected chi connectivity index (χ1v) is 17.1. The minimum Gasteiger partial charge on any atom is -0.378 e. The molecule has 4 heterocycles. The number of allylic oxidation sites excluding steroid dienone is 8. The quantitative estimate of drug-likeness (QED) is 0.144. The van der Waals surface area contributed by atoms with Crippen molar-refractivity contribution in [2.45, 2.75) is 92.5 Å². The number of rotatable bonds is 10. The van der Waals surface area contributed by atoms with E-state index in [0.717, 1.165) is 87.4 Å². The van der Waals surface area contributed by atoms with Crippen LogP contribution in [0.5, 0.6) is 0 Å². The normalized spacial score (nSPS) is 22.2. The van der Waals surface area contributed by atoms with Gasteiger partial charge in [-0.2, -0.15) is 0 Å². The van der Waals surface area contributed by atoms with E-state index in [4.69, 9.17) is 9.73 Å². The van der Waals surface area contributed by atoms with Crippen LogP contribution in [0.15, 0.2) is 92.5 Å². The van der Waals surface area contributed by atoms with E-state index < -0.39 is 0 Å². The summed E-state index contributed by atoms with van der Waals surface area (Å²) in [7, 11) is 1.85. The topological polar surface area (TPSA) is 43.7 Å². The maximum atomic E-state index is 5.39. The largest absolute Gasteiger partial charge is 0.378 e. The van der Waals surface area contributed by atoms with Gasteiger partial charge in [-0.3, -0.25) is 14.8 Å². The van der Waals surface area contributed by atoms with Crippen LogP contribution < -0.4 is 0 Å². The lowest BCUT2D eigenvalue weighted by Gasteiger charge is -2.44. The fourth-order valence-corrected chi connectivity index (χ4v) is 5.83. The Morgan fingerprint density at radius 2 is 1.84 bits per heavy atom. The average Bonchev–Trinajstić information content (AvgIpc) is 3.00. The summed E-state index contributed by atoms with van der Waals surface area (Å²) in [5.41, 5.74) is 9.78. The monoisotopic (exact) mass is 599 g/mol. The predicted octanol–water partition coefficient (Wildman–Crippen LogP) is 8.21. The highest BCUT2D eigenvalue weighted by Gasteiger charge is 2.31. The lowest BCUT2D eigenvalue weighted by molar-refractivity contribution is -0.0745. The van der Waals surface area contributed by atoms with Crippen molar-refractivity contribution in [3.63, 3.8) is 0 Å². The van der Waals surface area contributed by atoms with Crippen LogP contribution in [0.25, 0.3) is 0 Å². The molecule has 2 saturated heterocycles. The van der Waals surface area contributed by atoms with Gasteiger partial charge in [-0.05, 0) is 93.7 Å². The van der Waals surface area contributed by atoms with Gasteiger partial charge in [0.05, 0.1) is 36.4 Å². The maximum absolute atomic E-state index is 5.39. The van der Waals surface area contributed by atoms with Gasteiger partial charge in [-0.15, -0.1) is 0 Å². The Morgan fingerprint density at radius 3 is 2.39 bits per heavy atom. The number of aliphatic imine (C=N–C) groups is 2. The Bertz CT molecular complexity index is 1270. The number of fused-ring (bicyclic) bond motifs is 1. The molecule has 240 valence electrons. The molecule has 0 spiro atoms. The highest BCUT2D eigenvalue weighted by Crippen LogP contribution is 2.36. The van der Waals surface area contributed by atoms with Gasteiger partial charge in [-0.25, -0.2) is 4.99 Å². The Morgan fingerprint density at radius 1 is 1.11 bits per heavy atom. The summed E-state index contributed by atoms with van der Waals surface area (Å²) in [6.07, 6.45) is 21.7. The number of piperazine rings is 1. The molecular formula is C38H57N5O. The second-order valence-corrected chi connectivity index (χ2v) is 12.8. The minimum absolute atomic E-state index is 0.624. The Labute approximate surface area is 268 Å². The first-order valence-electron chi connectivity index (χ1n) is 17.1. The highest BCUT2D eigenvalue weighted by atomic mass is 16.5. The summed E-state index contributed by atoms with van der Waals surface area (Å²) in [4.78, 5) is 17.0. The predicted molar refractivity (Wildman–Crippen MR) is 188 cm³/mol. The Balaban J connectivity index is 0.000000382. The van der Waals surface area contributed by atoms with Gasteiger partial charge in [0.25, 0.3) is 0 Å². The molecule has 1 unspecified atom stereocenters. The summed E-state index contributed by atoms with van der Waals surface area (Å²) < 4.78 is 5.39. The first-order chi connectivity index (χ1) is 21.3. The lowest BCUT2D eigenvalue weighted by atomic mass is 9.89. The van der Waals surface area contributed by atoms with Crippen molar-refractivity contribution in [3.8, 4) is 0 Å². The van der Waals surface area contributed by atoms with Crippen LogP contribution in [0.4, 0.5) is 0 Å². The van der Waals surface area contributed by atoms with Crippen LogP contribution in [-0.4, -0.2) is 78.7 Å². The smallest absolute Gasteiger partial charge is 0.137 e. The van der Waals surface area contributed by atoms with Gasteiger partial charge in [0, 0.05) is 45.1 Å². The maximum Gasteiger partial charge on any atom is 0.137 e. The molecule has 0 bridgehead atoms. The fourth-order valence-electron chi connectivity index (χ4n) is 5.83. The van der Waals surface area contributed by atoms with Crippen LogP contribution in [0.1, 0.15) is 86.5 Å². The number of hydrogen-bond acceptors (Lipinski definition) is 6. The van der Waals surface area contributed by atoms with Crippen molar-refractivity contribution < 1.29 is 4.74 Å². The minimum atomic E-state index is 0.624. The van der Waals surface area contributed by atoms with Crippen molar-refractivity contribution >= 4 is 11.5 Å². The highest BCUT2D eigenvalue weighted by molar-refractivity contribution is 6.12. The molecule has 0 aromatic heterocycles. The molecule has 5 rings (SSSR count). The SMILES string of the molecule is C=C(CC)/C(C)=C/C(=NC)C1=CC(=C2CCC2)N2C=C(N3CCN(C4COC4)CC3)C=CC2=N1.CCC/C=C(/C)C(C)CC. The van der Waals surface area contributed by atoms with Crippen LogP contribution in [-0.2, 0) is 4.74 Å². The number of hydrogen-bond donors (Lipinski definition) is 0. The molecule has 6 nitrogen and oxygen atoms in total. The lowest BCUT2D eigenvalue weighted by Crippen LogP contribution is -2.56. The molecule has 5 aliphatic rings. The molecule has 0 radical (unpaired) electrons. The molecule has 44 heavy (non-hydrogen) atoms. The van der Waals surface area contributed by atoms with Crippen molar-refractivity contribution in [1.29, 1.82) is 0 Å². The summed E-state index contributed by atoms with van der Waals surface area (Å²) in [5, 5.41) is 0. The second-order valence-electron chi connectivity index (χ2n) is 12.8. The van der Waals surface area contributed by atoms with E-state index in [0.29, 0.717) is 6.04 Å². The van der Waals surface area contributed by atoms with Gasteiger partial charge in [-0.1, -0.05) is 57.9 Å². The zero-order valence-corrected chi connectivity index (χ0v) is 28.7. The molecule has 6 heteroatoms. The van der Waals surface area contributed by atoms with E-state index in [-0.39, 0.29) is 0 Å². The van der Waals surface area contributed by atoms with Gasteiger partial charge >= 0.3 is 0 Å². The van der Waals surface area contributed by atoms with Crippen LogP contribution in [0, 0.1) is 5.92 Å². The molecule has 1 atom stereocenters. The molecule has 0 aromatic carbocycles. The number of amidine groups is 1. The van der Waals surface area contributed by atoms with Crippen molar-refractivity contribution in [2.75, 3.05) is 46.4 Å². The Kier molecular flexibility index (Phi) is 12.6. The third kappa shape index (κ3) is 8.39. The molecule has 1 saturated carbocycles. The van der Waals surface area contributed by atoms with E-state index in [1.165, 1.54) is 48.2 Å². The van der Waals surface area contributed by atoms with Crippen molar-refractivity contribution in [2.24, 2.45) is 15.9 Å². The first kappa shape index (κ1) is 33.9. The summed E-state index contributed by atoms with van der Waals surface area (Å²) in [6, 6.07) is 0.624. The van der Waals surface area contributed by atoms with E-state index in [1.807, 2.05) is 7.05 Å². The van der Waals surface area contributed by atoms with Gasteiger partial charge in [0.1, 0.15) is 5.84 Å². The van der Waals surface area contributed by atoms with E-state index in [2.05, 4.69) is 104 Å². The molecule has 0 amide bonds. The van der Waals surface area contributed by atoms with Gasteiger partial charge < -0.3 is 9.64 Å². The number of ether oxygens (including phenoxy) is 1. The van der Waals surface area contributed by atoms with E-state index in [1.54, 1.807) is 5.57 Å². The van der Waals surface area contributed by atoms with Crippen molar-refractivity contribution in [3.05, 3.63) is 82.5 Å². The molecule has 0 aromatic rings. The second kappa shape index (κ2) is 16.4. The zero-order valence-electron chi connectivity index (χ0n) is 28.7. The van der Waals surface area contributed by atoms with Gasteiger partial charge in [0.15, 0.2) is 0 Å². The van der Waals surface area contributed by atoms with E-state index in [9.17, 15) is 0 Å². The summed E-state index contributed by atoms with van der Waals surface area (Å²) in [5.74, 6) is 1.76. The average molecular weight is 600 g/mol. The van der Waals surface area contributed by atoms with Crippen LogP contribution >= 0.6 is 0 Å². The Hall–Kier alpha value is -2.96. The molecule has 3 fully saturated rings. The molecule has 4 aliphatic heterocycles. The fraction of sp³-hybridized carbons (Fsp3) is 0.579. The summed E-state index contributed by atoms with van der Waals surface area (Å²) >= 11 is 0. The third-order valence-corrected chi connectivity index (χ3v) is 9.80. The molecular weight excluding hydrogens is 542 g/mol.